The lowest BCUT2D eigenvalue weighted by atomic mass is 9.79. The van der Waals surface area contributed by atoms with Crippen molar-refractivity contribution in [3.63, 3.8) is 0 Å². The fourth-order valence-electron chi connectivity index (χ4n) is 3.43. The quantitative estimate of drug-likeness (QED) is 0.924. The number of benzene rings is 1. The highest BCUT2D eigenvalue weighted by Gasteiger charge is 2.30. The second-order valence-electron chi connectivity index (χ2n) is 5.84. The van der Waals surface area contributed by atoms with E-state index >= 15 is 0 Å². The highest BCUT2D eigenvalue weighted by molar-refractivity contribution is 5.33. The number of pyridine rings is 1. The van der Waals surface area contributed by atoms with Crippen molar-refractivity contribution in [2.75, 3.05) is 7.05 Å². The molecule has 0 amide bonds. The van der Waals surface area contributed by atoms with Gasteiger partial charge in [-0.1, -0.05) is 18.2 Å². The lowest BCUT2D eigenvalue weighted by Gasteiger charge is -2.31. The first kappa shape index (κ1) is 14.2. The van der Waals surface area contributed by atoms with E-state index in [0.717, 1.165) is 36.1 Å². The van der Waals surface area contributed by atoms with E-state index in [0.29, 0.717) is 0 Å². The number of rotatable bonds is 3. The molecule has 0 saturated heterocycles. The number of aromatic nitrogens is 1. The predicted octanol–water partition coefficient (Wildman–Crippen LogP) is 3.91. The largest absolute Gasteiger partial charge is 0.312 e. The minimum absolute atomic E-state index is 0.0282. The van der Waals surface area contributed by atoms with E-state index in [1.807, 2.05) is 38.4 Å². The van der Waals surface area contributed by atoms with E-state index in [2.05, 4.69) is 16.4 Å². The minimum atomic E-state index is -0.127. The highest BCUT2D eigenvalue weighted by Crippen LogP contribution is 2.39. The molecule has 110 valence electrons. The first-order valence-electron chi connectivity index (χ1n) is 7.58. The normalized spacial score (nSPS) is 19.1. The van der Waals surface area contributed by atoms with Crippen molar-refractivity contribution < 1.29 is 4.39 Å². The summed E-state index contributed by atoms with van der Waals surface area (Å²) < 4.78 is 14.4. The number of aryl methyl sites for hydroxylation is 2. The van der Waals surface area contributed by atoms with Gasteiger partial charge in [-0.3, -0.25) is 4.98 Å². The molecule has 2 nitrogen and oxygen atoms in total. The third-order valence-electron chi connectivity index (χ3n) is 4.44. The topological polar surface area (TPSA) is 24.9 Å². The summed E-state index contributed by atoms with van der Waals surface area (Å²) in [5.41, 5.74) is 4.13. The van der Waals surface area contributed by atoms with Crippen molar-refractivity contribution in [1.82, 2.24) is 10.3 Å². The number of hydrogen-bond donors (Lipinski definition) is 1. The van der Waals surface area contributed by atoms with Crippen LogP contribution in [0.25, 0.3) is 0 Å². The number of likely N-dealkylation sites (N-methyl/N-ethyl adjacent to an activating group) is 1. The molecule has 0 aliphatic heterocycles. The maximum absolute atomic E-state index is 14.4. The summed E-state index contributed by atoms with van der Waals surface area (Å²) in [6.45, 7) is 1.92. The molecule has 0 radical (unpaired) electrons. The van der Waals surface area contributed by atoms with E-state index in [1.165, 1.54) is 5.56 Å². The number of nitrogens with one attached hydrogen (secondary N) is 1. The fourth-order valence-corrected chi connectivity index (χ4v) is 3.43. The molecule has 2 aromatic rings. The maximum Gasteiger partial charge on any atom is 0.128 e. The smallest absolute Gasteiger partial charge is 0.128 e. The van der Waals surface area contributed by atoms with Gasteiger partial charge in [-0.15, -0.1) is 0 Å². The molecule has 2 unspecified atom stereocenters. The predicted molar refractivity (Wildman–Crippen MR) is 82.9 cm³/mol. The molecular formula is C18H21FN2. The Labute approximate surface area is 125 Å². The Hall–Kier alpha value is -1.74. The van der Waals surface area contributed by atoms with E-state index in [9.17, 15) is 4.39 Å². The van der Waals surface area contributed by atoms with Crippen LogP contribution in [0, 0.1) is 12.7 Å². The van der Waals surface area contributed by atoms with Crippen LogP contribution in [0.2, 0.25) is 0 Å². The summed E-state index contributed by atoms with van der Waals surface area (Å²) in [6.07, 6.45) is 5.10. The molecule has 0 saturated carbocycles. The van der Waals surface area contributed by atoms with Crippen LogP contribution < -0.4 is 5.32 Å². The van der Waals surface area contributed by atoms with Crippen molar-refractivity contribution >= 4 is 0 Å². The van der Waals surface area contributed by atoms with Gasteiger partial charge in [-0.2, -0.15) is 0 Å². The Balaban J connectivity index is 2.01. The summed E-state index contributed by atoms with van der Waals surface area (Å²) in [6, 6.07) is 9.60. The average molecular weight is 284 g/mol. The molecule has 2 atom stereocenters. The van der Waals surface area contributed by atoms with Gasteiger partial charge >= 0.3 is 0 Å². The summed E-state index contributed by atoms with van der Waals surface area (Å²) in [5.74, 6) is 0.106. The zero-order valence-corrected chi connectivity index (χ0v) is 12.6. The molecule has 1 aromatic carbocycles. The summed E-state index contributed by atoms with van der Waals surface area (Å²) in [5, 5.41) is 3.31. The maximum atomic E-state index is 14.4. The van der Waals surface area contributed by atoms with Gasteiger partial charge in [0.2, 0.25) is 0 Å². The van der Waals surface area contributed by atoms with Gasteiger partial charge in [0, 0.05) is 29.4 Å². The third kappa shape index (κ3) is 2.70. The van der Waals surface area contributed by atoms with E-state index in [1.54, 1.807) is 6.07 Å². The summed E-state index contributed by atoms with van der Waals surface area (Å²) in [7, 11) is 1.90. The molecule has 1 aromatic heterocycles. The van der Waals surface area contributed by atoms with Gasteiger partial charge in [-0.05, 0) is 56.5 Å². The standard InChI is InChI=1S/C18H21FN2/c1-12-8-9-14(16(19)11-12)18(20-2)15-7-3-5-13-6-4-10-21-17(13)15/h4,6,8-11,15,18,20H,3,5,7H2,1-2H3. The molecule has 0 fully saturated rings. The van der Waals surface area contributed by atoms with Crippen LogP contribution >= 0.6 is 0 Å². The average Bonchev–Trinajstić information content (AvgIpc) is 2.50. The molecule has 0 bridgehead atoms. The second-order valence-corrected chi connectivity index (χ2v) is 5.84. The van der Waals surface area contributed by atoms with Crippen LogP contribution in [0.15, 0.2) is 36.5 Å². The fraction of sp³-hybridized carbons (Fsp3) is 0.389. The first-order chi connectivity index (χ1) is 10.2. The first-order valence-corrected chi connectivity index (χ1v) is 7.58. The number of fused-ring (bicyclic) bond motifs is 1. The summed E-state index contributed by atoms with van der Waals surface area (Å²) >= 11 is 0. The van der Waals surface area contributed by atoms with E-state index in [-0.39, 0.29) is 17.8 Å². The van der Waals surface area contributed by atoms with Crippen LogP contribution in [0.1, 0.15) is 47.2 Å². The van der Waals surface area contributed by atoms with Crippen LogP contribution in [-0.2, 0) is 6.42 Å². The Morgan fingerprint density at radius 1 is 1.33 bits per heavy atom. The zero-order valence-electron chi connectivity index (χ0n) is 12.6. The van der Waals surface area contributed by atoms with Crippen molar-refractivity contribution in [2.24, 2.45) is 0 Å². The van der Waals surface area contributed by atoms with Crippen molar-refractivity contribution in [2.45, 2.75) is 38.1 Å². The Morgan fingerprint density at radius 3 is 2.95 bits per heavy atom. The molecule has 1 aliphatic rings. The molecule has 1 heterocycles. The Bertz CT molecular complexity index is 639. The van der Waals surface area contributed by atoms with Crippen LogP contribution in [-0.4, -0.2) is 12.0 Å². The van der Waals surface area contributed by atoms with E-state index in [4.69, 9.17) is 0 Å². The van der Waals surface area contributed by atoms with Gasteiger partial charge in [0.15, 0.2) is 0 Å². The highest BCUT2D eigenvalue weighted by atomic mass is 19.1. The van der Waals surface area contributed by atoms with Gasteiger partial charge in [0.1, 0.15) is 5.82 Å². The third-order valence-corrected chi connectivity index (χ3v) is 4.44. The Kier molecular flexibility index (Phi) is 4.02. The molecule has 1 N–H and O–H groups in total. The number of halogens is 1. The van der Waals surface area contributed by atoms with Gasteiger partial charge in [-0.25, -0.2) is 4.39 Å². The van der Waals surface area contributed by atoms with Crippen molar-refractivity contribution in [3.8, 4) is 0 Å². The van der Waals surface area contributed by atoms with Gasteiger partial charge < -0.3 is 5.32 Å². The SMILES string of the molecule is CNC(c1ccc(C)cc1F)C1CCCc2cccnc21. The lowest BCUT2D eigenvalue weighted by molar-refractivity contribution is 0.403. The van der Waals surface area contributed by atoms with Gasteiger partial charge in [0.25, 0.3) is 0 Å². The van der Waals surface area contributed by atoms with Crippen LogP contribution in [0.3, 0.4) is 0 Å². The molecule has 21 heavy (non-hydrogen) atoms. The van der Waals surface area contributed by atoms with Crippen LogP contribution in [0.5, 0.6) is 0 Å². The van der Waals surface area contributed by atoms with Crippen LogP contribution in [0.4, 0.5) is 4.39 Å². The molecule has 3 heteroatoms. The molecule has 1 aliphatic carbocycles. The lowest BCUT2D eigenvalue weighted by Crippen LogP contribution is -2.28. The molecule has 3 rings (SSSR count). The van der Waals surface area contributed by atoms with Crippen molar-refractivity contribution in [1.29, 1.82) is 0 Å². The number of nitrogens with zero attached hydrogens (tertiary/aromatic N) is 1. The van der Waals surface area contributed by atoms with Crippen molar-refractivity contribution in [3.05, 3.63) is 64.7 Å². The molecular weight excluding hydrogens is 263 g/mol. The van der Waals surface area contributed by atoms with E-state index < -0.39 is 0 Å². The zero-order chi connectivity index (χ0) is 14.8. The van der Waals surface area contributed by atoms with Gasteiger partial charge in [0.05, 0.1) is 0 Å². The Morgan fingerprint density at radius 2 is 2.19 bits per heavy atom. The second kappa shape index (κ2) is 5.94. The monoisotopic (exact) mass is 284 g/mol. The minimum Gasteiger partial charge on any atom is -0.312 e. The molecule has 0 spiro atoms. The number of hydrogen-bond acceptors (Lipinski definition) is 2. The summed E-state index contributed by atoms with van der Waals surface area (Å²) in [4.78, 5) is 4.58.